The highest BCUT2D eigenvalue weighted by atomic mass is 35.5. The summed E-state index contributed by atoms with van der Waals surface area (Å²) >= 11 is 6.14. The minimum Gasteiger partial charge on any atom is -0.350 e. The molecule has 6 nitrogen and oxygen atoms in total. The molecule has 0 aromatic heterocycles. The number of amides is 2. The first-order chi connectivity index (χ1) is 21.3. The monoisotopic (exact) mass is 616 g/mol. The number of nitrogens with one attached hydrogen (secondary N) is 2. The second-order valence-electron chi connectivity index (χ2n) is 13.2. The molecule has 0 aliphatic carbocycles. The number of halogens is 1. The van der Waals surface area contributed by atoms with E-state index in [1.54, 1.807) is 0 Å². The maximum atomic E-state index is 14.2. The number of carbonyl (C=O) groups excluding carboxylic acids is 2. The van der Waals surface area contributed by atoms with E-state index < -0.39 is 0 Å². The fourth-order valence-electron chi connectivity index (χ4n) is 6.79. The van der Waals surface area contributed by atoms with Gasteiger partial charge in [-0.05, 0) is 104 Å². The Morgan fingerprint density at radius 2 is 1.70 bits per heavy atom. The first kappa shape index (κ1) is 32.5. The molecule has 2 saturated heterocycles. The molecule has 0 saturated carbocycles. The molecular formula is C37H49ClN4O2. The number of benzene rings is 3. The van der Waals surface area contributed by atoms with Crippen molar-refractivity contribution in [1.29, 1.82) is 0 Å². The van der Waals surface area contributed by atoms with E-state index in [1.807, 2.05) is 42.5 Å². The van der Waals surface area contributed by atoms with E-state index in [1.165, 1.54) is 12.0 Å². The number of carbonyl (C=O) groups is 2. The highest BCUT2D eigenvalue weighted by molar-refractivity contribution is 6.31. The predicted octanol–water partition coefficient (Wildman–Crippen LogP) is 6.73. The molecule has 0 radical (unpaired) electrons. The van der Waals surface area contributed by atoms with Gasteiger partial charge >= 0.3 is 0 Å². The van der Waals surface area contributed by atoms with E-state index in [-0.39, 0.29) is 23.9 Å². The van der Waals surface area contributed by atoms with Crippen LogP contribution in [-0.2, 0) is 4.79 Å². The van der Waals surface area contributed by atoms with Crippen LogP contribution < -0.4 is 10.6 Å². The van der Waals surface area contributed by atoms with Gasteiger partial charge in [0.05, 0.1) is 6.04 Å². The first-order valence-corrected chi connectivity index (χ1v) is 17.0. The molecule has 0 spiro atoms. The van der Waals surface area contributed by atoms with Crippen LogP contribution in [0.5, 0.6) is 0 Å². The zero-order valence-corrected chi connectivity index (χ0v) is 27.4. The largest absolute Gasteiger partial charge is 0.350 e. The Morgan fingerprint density at radius 1 is 0.977 bits per heavy atom. The summed E-state index contributed by atoms with van der Waals surface area (Å²) in [7, 11) is 0. The van der Waals surface area contributed by atoms with Gasteiger partial charge in [0.2, 0.25) is 5.91 Å². The fraction of sp³-hybridized carbons (Fsp3) is 0.514. The molecule has 3 aromatic rings. The van der Waals surface area contributed by atoms with Crippen LogP contribution in [0.1, 0.15) is 74.7 Å². The Bertz CT molecular complexity index is 1390. The molecule has 2 amide bonds. The van der Waals surface area contributed by atoms with Gasteiger partial charge in [-0.1, -0.05) is 74.8 Å². The highest BCUT2D eigenvalue weighted by Crippen LogP contribution is 2.28. The van der Waals surface area contributed by atoms with Crippen molar-refractivity contribution in [2.24, 2.45) is 11.8 Å². The van der Waals surface area contributed by atoms with Crippen molar-refractivity contribution in [1.82, 2.24) is 20.4 Å². The van der Waals surface area contributed by atoms with E-state index in [4.69, 9.17) is 11.6 Å². The molecule has 5 rings (SSSR count). The number of hydrogen-bond acceptors (Lipinski definition) is 4. The van der Waals surface area contributed by atoms with Crippen molar-refractivity contribution < 1.29 is 9.59 Å². The van der Waals surface area contributed by atoms with Crippen molar-refractivity contribution in [3.63, 3.8) is 0 Å². The van der Waals surface area contributed by atoms with Crippen LogP contribution in [0.3, 0.4) is 0 Å². The standard InChI is InChI=1S/C37H49ClN4O2/c1-4-27(28-8-6-5-7-9-28)25-42-21-17-34(24-39-36(43)32-11-10-31-23-33(38)13-12-30(31)22-32)40-35(37(42)44)29-15-19-41(20-16-29)18-14-26(2)3/h5-13,22-23,26-27,29,34-35,40H,4,14-21,24-25H2,1-3H3,(H,39,43)/t27-,34?,35?/m1/s1. The molecule has 2 heterocycles. The Balaban J connectivity index is 1.28. The molecule has 0 bridgehead atoms. The Kier molecular flexibility index (Phi) is 11.3. The second-order valence-corrected chi connectivity index (χ2v) is 13.6. The Labute approximate surface area is 268 Å². The molecule has 44 heavy (non-hydrogen) atoms. The average Bonchev–Trinajstić information content (AvgIpc) is 3.19. The average molecular weight is 617 g/mol. The van der Waals surface area contributed by atoms with Crippen molar-refractivity contribution in [3.8, 4) is 0 Å². The van der Waals surface area contributed by atoms with Crippen LogP contribution in [0.25, 0.3) is 10.8 Å². The van der Waals surface area contributed by atoms with Gasteiger partial charge in [0, 0.05) is 42.2 Å². The van der Waals surface area contributed by atoms with Gasteiger partial charge < -0.3 is 20.4 Å². The third-order valence-electron chi connectivity index (χ3n) is 9.64. The Hall–Kier alpha value is -2.93. The van der Waals surface area contributed by atoms with E-state index in [0.29, 0.717) is 41.4 Å². The Morgan fingerprint density at radius 3 is 2.43 bits per heavy atom. The van der Waals surface area contributed by atoms with E-state index in [9.17, 15) is 9.59 Å². The van der Waals surface area contributed by atoms with Gasteiger partial charge in [-0.3, -0.25) is 9.59 Å². The van der Waals surface area contributed by atoms with Gasteiger partial charge in [-0.2, -0.15) is 0 Å². The molecule has 2 fully saturated rings. The summed E-state index contributed by atoms with van der Waals surface area (Å²) in [6, 6.07) is 21.8. The number of rotatable bonds is 11. The third kappa shape index (κ3) is 8.41. The van der Waals surface area contributed by atoms with Gasteiger partial charge in [0.15, 0.2) is 0 Å². The molecular weight excluding hydrogens is 568 g/mol. The summed E-state index contributed by atoms with van der Waals surface area (Å²) in [5.41, 5.74) is 1.92. The number of hydrogen-bond donors (Lipinski definition) is 2. The predicted molar refractivity (Wildman–Crippen MR) is 181 cm³/mol. The first-order valence-electron chi connectivity index (χ1n) is 16.6. The smallest absolute Gasteiger partial charge is 0.251 e. The highest BCUT2D eigenvalue weighted by Gasteiger charge is 2.38. The zero-order valence-electron chi connectivity index (χ0n) is 26.6. The van der Waals surface area contributed by atoms with Crippen LogP contribution in [0.2, 0.25) is 5.02 Å². The van der Waals surface area contributed by atoms with Gasteiger partial charge in [-0.25, -0.2) is 0 Å². The van der Waals surface area contributed by atoms with Crippen LogP contribution in [-0.4, -0.2) is 73.0 Å². The molecule has 236 valence electrons. The van der Waals surface area contributed by atoms with E-state index in [2.05, 4.69) is 65.5 Å². The minimum absolute atomic E-state index is 0.0212. The van der Waals surface area contributed by atoms with Crippen molar-refractivity contribution >= 4 is 34.2 Å². The summed E-state index contributed by atoms with van der Waals surface area (Å²) in [6.45, 7) is 11.9. The molecule has 2 unspecified atom stereocenters. The molecule has 2 aliphatic rings. The lowest BCUT2D eigenvalue weighted by Crippen LogP contribution is -2.54. The second kappa shape index (κ2) is 15.4. The van der Waals surface area contributed by atoms with Crippen LogP contribution in [0.15, 0.2) is 66.7 Å². The number of piperidine rings is 1. The molecule has 3 aromatic carbocycles. The van der Waals surface area contributed by atoms with Crippen LogP contribution in [0.4, 0.5) is 0 Å². The summed E-state index contributed by atoms with van der Waals surface area (Å²) < 4.78 is 0. The van der Waals surface area contributed by atoms with Crippen molar-refractivity contribution in [2.75, 3.05) is 39.3 Å². The summed E-state index contributed by atoms with van der Waals surface area (Å²) in [4.78, 5) is 32.1. The maximum Gasteiger partial charge on any atom is 0.251 e. The van der Waals surface area contributed by atoms with Crippen molar-refractivity contribution in [3.05, 3.63) is 82.9 Å². The number of likely N-dealkylation sites (tertiary alicyclic amines) is 1. The lowest BCUT2D eigenvalue weighted by molar-refractivity contribution is -0.134. The third-order valence-corrected chi connectivity index (χ3v) is 9.88. The van der Waals surface area contributed by atoms with Gasteiger partial charge in [-0.15, -0.1) is 0 Å². The topological polar surface area (TPSA) is 64.7 Å². The summed E-state index contributed by atoms with van der Waals surface area (Å²) in [6.07, 6.45) is 5.04. The summed E-state index contributed by atoms with van der Waals surface area (Å²) in [5, 5.41) is 9.62. The zero-order chi connectivity index (χ0) is 31.1. The SMILES string of the molecule is CC[C@H](CN1CCC(CNC(=O)c2ccc3cc(Cl)ccc3c2)NC(C2CCN(CCC(C)C)CC2)C1=O)c1ccccc1. The molecule has 2 N–H and O–H groups in total. The number of fused-ring (bicyclic) bond motifs is 1. The normalized spacial score (nSPS) is 21.0. The quantitative estimate of drug-likeness (QED) is 0.251. The molecule has 7 heteroatoms. The van der Waals surface area contributed by atoms with Gasteiger partial charge in [0.25, 0.3) is 5.91 Å². The number of nitrogens with zero attached hydrogens (tertiary/aromatic N) is 2. The summed E-state index contributed by atoms with van der Waals surface area (Å²) in [5.74, 6) is 1.42. The van der Waals surface area contributed by atoms with E-state index >= 15 is 0 Å². The van der Waals surface area contributed by atoms with Gasteiger partial charge in [0.1, 0.15) is 0 Å². The molecule has 2 aliphatic heterocycles. The lowest BCUT2D eigenvalue weighted by Gasteiger charge is -2.38. The van der Waals surface area contributed by atoms with Crippen LogP contribution >= 0.6 is 11.6 Å². The van der Waals surface area contributed by atoms with E-state index in [0.717, 1.165) is 62.6 Å². The molecule has 3 atom stereocenters. The van der Waals surface area contributed by atoms with Crippen molar-refractivity contribution in [2.45, 2.75) is 70.9 Å². The van der Waals surface area contributed by atoms with Crippen LogP contribution in [0, 0.1) is 11.8 Å². The maximum absolute atomic E-state index is 14.2. The lowest BCUT2D eigenvalue weighted by atomic mass is 9.87. The minimum atomic E-state index is -0.231. The fourth-order valence-corrected chi connectivity index (χ4v) is 6.98.